The Hall–Kier alpha value is -1.02. The zero-order valence-electron chi connectivity index (χ0n) is 8.71. The fourth-order valence-electron chi connectivity index (χ4n) is 1.39. The summed E-state index contributed by atoms with van der Waals surface area (Å²) in [5, 5.41) is 14.8. The summed E-state index contributed by atoms with van der Waals surface area (Å²) in [5.41, 5.74) is 1.36. The molecule has 0 radical (unpaired) electrons. The van der Waals surface area contributed by atoms with Crippen LogP contribution in [0, 0.1) is 11.3 Å². The van der Waals surface area contributed by atoms with Crippen LogP contribution in [0.25, 0.3) is 0 Å². The molecule has 5 heteroatoms. The fourth-order valence-corrected chi connectivity index (χ4v) is 2.99. The van der Waals surface area contributed by atoms with Crippen molar-refractivity contribution in [1.29, 1.82) is 5.26 Å². The number of benzene rings is 1. The number of hydrogen-bond donors (Lipinski definition) is 1. The molecule has 1 aromatic heterocycles. The van der Waals surface area contributed by atoms with E-state index in [-0.39, 0.29) is 0 Å². The van der Waals surface area contributed by atoms with Crippen molar-refractivity contribution in [3.63, 3.8) is 0 Å². The van der Waals surface area contributed by atoms with E-state index < -0.39 is 0 Å². The van der Waals surface area contributed by atoms with Crippen LogP contribution in [0.4, 0.5) is 5.69 Å². The van der Waals surface area contributed by atoms with Crippen LogP contribution in [-0.2, 0) is 6.54 Å². The molecule has 1 aromatic carbocycles. The third-order valence-corrected chi connectivity index (χ3v) is 4.39. The van der Waals surface area contributed by atoms with Gasteiger partial charge >= 0.3 is 0 Å². The van der Waals surface area contributed by atoms with Gasteiger partial charge in [0.05, 0.1) is 17.8 Å². The predicted octanol–water partition coefficient (Wildman–Crippen LogP) is 4.65. The van der Waals surface area contributed by atoms with Crippen LogP contribution in [0.2, 0.25) is 5.02 Å². The molecule has 0 unspecified atom stereocenters. The van der Waals surface area contributed by atoms with Crippen molar-refractivity contribution in [3.8, 4) is 6.07 Å². The van der Waals surface area contributed by atoms with Gasteiger partial charge in [0.1, 0.15) is 6.07 Å². The first-order chi connectivity index (χ1) is 8.20. The lowest BCUT2D eigenvalue weighted by Crippen LogP contribution is -2.00. The summed E-state index contributed by atoms with van der Waals surface area (Å²) in [4.78, 5) is 1.20. The van der Waals surface area contributed by atoms with Gasteiger partial charge in [-0.25, -0.2) is 0 Å². The Morgan fingerprint density at radius 1 is 1.41 bits per heavy atom. The monoisotopic (exact) mass is 326 g/mol. The number of hydrogen-bond acceptors (Lipinski definition) is 3. The van der Waals surface area contributed by atoms with Gasteiger partial charge in [0.2, 0.25) is 0 Å². The molecule has 2 aromatic rings. The van der Waals surface area contributed by atoms with Gasteiger partial charge in [0.25, 0.3) is 0 Å². The summed E-state index contributed by atoms with van der Waals surface area (Å²) in [7, 11) is 0. The van der Waals surface area contributed by atoms with E-state index in [1.165, 1.54) is 4.88 Å². The van der Waals surface area contributed by atoms with Gasteiger partial charge in [-0.05, 0) is 45.6 Å². The average Bonchev–Trinajstić information content (AvgIpc) is 2.73. The zero-order chi connectivity index (χ0) is 12.3. The van der Waals surface area contributed by atoms with E-state index in [1.54, 1.807) is 23.5 Å². The molecule has 0 aliphatic carbocycles. The number of nitrogens with one attached hydrogen (secondary N) is 1. The number of rotatable bonds is 3. The summed E-state index contributed by atoms with van der Waals surface area (Å²) in [6.07, 6.45) is 0. The third kappa shape index (κ3) is 3.01. The van der Waals surface area contributed by atoms with Crippen LogP contribution in [0.5, 0.6) is 0 Å². The molecule has 17 heavy (non-hydrogen) atoms. The topological polar surface area (TPSA) is 35.8 Å². The molecule has 0 saturated carbocycles. The first kappa shape index (κ1) is 12.4. The van der Waals surface area contributed by atoms with E-state index in [9.17, 15) is 0 Å². The van der Waals surface area contributed by atoms with Crippen molar-refractivity contribution >= 4 is 44.6 Å². The molecule has 0 aliphatic heterocycles. The number of thiophene rings is 1. The van der Waals surface area contributed by atoms with E-state index >= 15 is 0 Å². The second-order valence-corrected chi connectivity index (χ2v) is 5.64. The molecule has 2 nitrogen and oxygen atoms in total. The smallest absolute Gasteiger partial charge is 0.101 e. The molecule has 0 fully saturated rings. The highest BCUT2D eigenvalue weighted by Crippen LogP contribution is 2.25. The lowest BCUT2D eigenvalue weighted by Gasteiger charge is -2.07. The van der Waals surface area contributed by atoms with Gasteiger partial charge in [-0.2, -0.15) is 5.26 Å². The van der Waals surface area contributed by atoms with Gasteiger partial charge in [0.15, 0.2) is 0 Å². The molecular weight excluding hydrogens is 320 g/mol. The zero-order valence-corrected chi connectivity index (χ0v) is 11.9. The highest BCUT2D eigenvalue weighted by atomic mass is 79.9. The SMILES string of the molecule is N#Cc1cc(Cl)ccc1NCc1sccc1Br. The summed E-state index contributed by atoms with van der Waals surface area (Å²) in [5.74, 6) is 0. The van der Waals surface area contributed by atoms with Crippen LogP contribution in [-0.4, -0.2) is 0 Å². The molecule has 0 atom stereocenters. The van der Waals surface area contributed by atoms with Crippen LogP contribution in [0.3, 0.4) is 0 Å². The van der Waals surface area contributed by atoms with Crippen LogP contribution < -0.4 is 5.32 Å². The van der Waals surface area contributed by atoms with E-state index in [2.05, 4.69) is 27.3 Å². The van der Waals surface area contributed by atoms with Crippen LogP contribution >= 0.6 is 38.9 Å². The van der Waals surface area contributed by atoms with Gasteiger partial charge in [-0.1, -0.05) is 11.6 Å². The molecular formula is C12H8BrClN2S. The van der Waals surface area contributed by atoms with Crippen LogP contribution in [0.15, 0.2) is 34.1 Å². The third-order valence-electron chi connectivity index (χ3n) is 2.23. The average molecular weight is 328 g/mol. The van der Waals surface area contributed by atoms with Crippen molar-refractivity contribution < 1.29 is 0 Å². The second-order valence-electron chi connectivity index (χ2n) is 3.35. The molecule has 0 amide bonds. The van der Waals surface area contributed by atoms with E-state index in [0.717, 1.165) is 10.2 Å². The fraction of sp³-hybridized carbons (Fsp3) is 0.0833. The van der Waals surface area contributed by atoms with Crippen molar-refractivity contribution in [3.05, 3.63) is 49.6 Å². The number of nitrogens with zero attached hydrogens (tertiary/aromatic N) is 1. The molecule has 0 bridgehead atoms. The minimum atomic E-state index is 0.560. The summed E-state index contributed by atoms with van der Waals surface area (Å²) in [6, 6.07) is 9.39. The minimum absolute atomic E-state index is 0.560. The number of nitriles is 1. The van der Waals surface area contributed by atoms with Crippen molar-refractivity contribution in [2.75, 3.05) is 5.32 Å². The number of halogens is 2. The highest BCUT2D eigenvalue weighted by molar-refractivity contribution is 9.10. The second kappa shape index (κ2) is 5.54. The standard InChI is InChI=1S/C12H8BrClN2S/c13-10-3-4-17-12(10)7-16-11-2-1-9(14)5-8(11)6-15/h1-5,16H,7H2. The Balaban J connectivity index is 2.15. The van der Waals surface area contributed by atoms with Crippen molar-refractivity contribution in [2.45, 2.75) is 6.54 Å². The minimum Gasteiger partial charge on any atom is -0.379 e. The van der Waals surface area contributed by atoms with Crippen LogP contribution in [0.1, 0.15) is 10.4 Å². The molecule has 1 heterocycles. The summed E-state index contributed by atoms with van der Waals surface area (Å²) < 4.78 is 1.09. The first-order valence-electron chi connectivity index (χ1n) is 4.86. The first-order valence-corrected chi connectivity index (χ1v) is 6.91. The Labute approximate surface area is 117 Å². The predicted molar refractivity (Wildman–Crippen MR) is 75.5 cm³/mol. The van der Waals surface area contributed by atoms with Gasteiger partial charge in [-0.15, -0.1) is 11.3 Å². The largest absolute Gasteiger partial charge is 0.379 e. The van der Waals surface area contributed by atoms with Gasteiger partial charge in [0, 0.05) is 14.4 Å². The molecule has 1 N–H and O–H groups in total. The van der Waals surface area contributed by atoms with E-state index in [4.69, 9.17) is 16.9 Å². The van der Waals surface area contributed by atoms with E-state index in [1.807, 2.05) is 17.5 Å². The lowest BCUT2D eigenvalue weighted by atomic mass is 10.2. The molecule has 0 aliphatic rings. The maximum absolute atomic E-state index is 9.00. The van der Waals surface area contributed by atoms with Crippen molar-refractivity contribution in [1.82, 2.24) is 0 Å². The molecule has 0 spiro atoms. The maximum atomic E-state index is 9.00. The Morgan fingerprint density at radius 2 is 2.24 bits per heavy atom. The Bertz CT molecular complexity index is 574. The van der Waals surface area contributed by atoms with Gasteiger partial charge < -0.3 is 5.32 Å². The lowest BCUT2D eigenvalue weighted by molar-refractivity contribution is 1.18. The molecule has 2 rings (SSSR count). The Kier molecular flexibility index (Phi) is 4.06. The number of anilines is 1. The van der Waals surface area contributed by atoms with Gasteiger partial charge in [-0.3, -0.25) is 0 Å². The van der Waals surface area contributed by atoms with E-state index in [0.29, 0.717) is 17.1 Å². The Morgan fingerprint density at radius 3 is 2.88 bits per heavy atom. The summed E-state index contributed by atoms with van der Waals surface area (Å²) >= 11 is 11.0. The molecule has 0 saturated heterocycles. The quantitative estimate of drug-likeness (QED) is 0.891. The summed E-state index contributed by atoms with van der Waals surface area (Å²) in [6.45, 7) is 0.689. The maximum Gasteiger partial charge on any atom is 0.101 e. The van der Waals surface area contributed by atoms with Crippen molar-refractivity contribution in [2.24, 2.45) is 0 Å². The molecule has 86 valence electrons. The highest BCUT2D eigenvalue weighted by Gasteiger charge is 2.05. The normalized spacial score (nSPS) is 9.94.